The zero-order valence-corrected chi connectivity index (χ0v) is 9.10. The summed E-state index contributed by atoms with van der Waals surface area (Å²) < 4.78 is 4.40. The number of hydrogen-bond acceptors (Lipinski definition) is 5. The van der Waals surface area contributed by atoms with Crippen LogP contribution in [0.3, 0.4) is 0 Å². The van der Waals surface area contributed by atoms with Gasteiger partial charge in [0.1, 0.15) is 12.1 Å². The van der Waals surface area contributed by atoms with Crippen molar-refractivity contribution in [1.82, 2.24) is 4.98 Å². The van der Waals surface area contributed by atoms with E-state index in [-0.39, 0.29) is 12.2 Å². The van der Waals surface area contributed by atoms with Crippen molar-refractivity contribution in [3.8, 4) is 0 Å². The molecule has 0 aliphatic heterocycles. The average molecular weight is 213 g/mol. The fourth-order valence-corrected chi connectivity index (χ4v) is 1.91. The Hall–Kier alpha value is -1.23. The highest BCUT2D eigenvalue weighted by molar-refractivity contribution is 7.11. The van der Waals surface area contributed by atoms with Gasteiger partial charge in [-0.3, -0.25) is 9.59 Å². The number of ether oxygens (including phenoxy) is 1. The van der Waals surface area contributed by atoms with Gasteiger partial charge in [-0.2, -0.15) is 0 Å². The normalized spacial score (nSPS) is 9.93. The van der Waals surface area contributed by atoms with Crippen molar-refractivity contribution in [2.45, 2.75) is 20.3 Å². The summed E-state index contributed by atoms with van der Waals surface area (Å²) in [5.74, 6) is -0.807. The molecule has 0 spiro atoms. The molecule has 1 aromatic heterocycles. The number of rotatable bonds is 3. The van der Waals surface area contributed by atoms with Crippen molar-refractivity contribution in [1.29, 1.82) is 0 Å². The second-order valence-electron chi connectivity index (χ2n) is 2.81. The molecule has 0 N–H and O–H groups in total. The minimum absolute atomic E-state index is 0.236. The van der Waals surface area contributed by atoms with Crippen LogP contribution in [-0.4, -0.2) is 23.8 Å². The predicted molar refractivity (Wildman–Crippen MR) is 52.6 cm³/mol. The largest absolute Gasteiger partial charge is 0.469 e. The van der Waals surface area contributed by atoms with E-state index < -0.39 is 5.97 Å². The molecule has 0 saturated heterocycles. The second kappa shape index (κ2) is 4.32. The molecule has 0 bridgehead atoms. The van der Waals surface area contributed by atoms with E-state index in [9.17, 15) is 9.59 Å². The van der Waals surface area contributed by atoms with Crippen LogP contribution in [0.4, 0.5) is 0 Å². The molecule has 0 fully saturated rings. The maximum absolute atomic E-state index is 11.5. The monoisotopic (exact) mass is 213 g/mol. The fourth-order valence-electron chi connectivity index (χ4n) is 1.07. The molecule has 0 aliphatic carbocycles. The fraction of sp³-hybridized carbons (Fsp3) is 0.444. The van der Waals surface area contributed by atoms with Crippen LogP contribution in [0.15, 0.2) is 0 Å². The molecule has 0 aliphatic rings. The highest BCUT2D eigenvalue weighted by atomic mass is 32.1. The first-order valence-corrected chi connectivity index (χ1v) is 4.90. The van der Waals surface area contributed by atoms with Gasteiger partial charge in [-0.15, -0.1) is 11.3 Å². The third-order valence-electron chi connectivity index (χ3n) is 1.70. The van der Waals surface area contributed by atoms with Crippen LogP contribution in [0, 0.1) is 13.8 Å². The zero-order chi connectivity index (χ0) is 10.7. The van der Waals surface area contributed by atoms with E-state index in [0.29, 0.717) is 5.69 Å². The van der Waals surface area contributed by atoms with E-state index in [2.05, 4.69) is 9.72 Å². The van der Waals surface area contributed by atoms with Gasteiger partial charge in [-0.05, 0) is 13.8 Å². The van der Waals surface area contributed by atoms with Crippen molar-refractivity contribution >= 4 is 23.1 Å². The summed E-state index contributed by atoms with van der Waals surface area (Å²) in [7, 11) is 1.26. The number of aryl methyl sites for hydroxylation is 2. The zero-order valence-electron chi connectivity index (χ0n) is 8.29. The molecule has 5 heteroatoms. The number of ketones is 1. The Morgan fingerprint density at radius 3 is 2.50 bits per heavy atom. The summed E-state index contributed by atoms with van der Waals surface area (Å²) in [6.45, 7) is 3.64. The van der Waals surface area contributed by atoms with Crippen LogP contribution in [-0.2, 0) is 9.53 Å². The van der Waals surface area contributed by atoms with Crippen molar-refractivity contribution in [3.63, 3.8) is 0 Å². The van der Waals surface area contributed by atoms with Crippen molar-refractivity contribution in [2.24, 2.45) is 0 Å². The van der Waals surface area contributed by atoms with Crippen LogP contribution in [0.5, 0.6) is 0 Å². The second-order valence-corrected chi connectivity index (χ2v) is 4.22. The number of esters is 1. The summed E-state index contributed by atoms with van der Waals surface area (Å²) in [5, 5.41) is 0.829. The number of carbonyl (C=O) groups is 2. The molecule has 0 atom stereocenters. The minimum Gasteiger partial charge on any atom is -0.469 e. The Morgan fingerprint density at radius 1 is 1.43 bits per heavy atom. The van der Waals surface area contributed by atoms with Gasteiger partial charge in [0, 0.05) is 4.88 Å². The Balaban J connectivity index is 2.79. The molecule has 1 aromatic rings. The van der Waals surface area contributed by atoms with Crippen molar-refractivity contribution < 1.29 is 14.3 Å². The van der Waals surface area contributed by atoms with Crippen LogP contribution in [0.25, 0.3) is 0 Å². The van der Waals surface area contributed by atoms with E-state index in [4.69, 9.17) is 0 Å². The number of methoxy groups -OCH3 is 1. The third-order valence-corrected chi connectivity index (χ3v) is 2.59. The summed E-state index contributed by atoms with van der Waals surface area (Å²) in [6, 6.07) is 0. The van der Waals surface area contributed by atoms with E-state index in [1.165, 1.54) is 18.4 Å². The Labute approximate surface area is 85.9 Å². The average Bonchev–Trinajstić information content (AvgIpc) is 2.45. The molecule has 14 heavy (non-hydrogen) atoms. The lowest BCUT2D eigenvalue weighted by Crippen LogP contribution is -2.10. The van der Waals surface area contributed by atoms with Gasteiger partial charge < -0.3 is 4.74 Å². The maximum atomic E-state index is 11.5. The van der Waals surface area contributed by atoms with Gasteiger partial charge in [0.05, 0.1) is 12.1 Å². The van der Waals surface area contributed by atoms with E-state index in [1.807, 2.05) is 13.8 Å². The molecule has 1 heterocycles. The molecule has 0 saturated carbocycles. The molecular formula is C9H11NO3S. The van der Waals surface area contributed by atoms with Gasteiger partial charge >= 0.3 is 5.97 Å². The standard InChI is InChI=1S/C9H11NO3S/c1-5-9(10-6(2)14-5)7(11)4-8(12)13-3/h4H2,1-3H3. The molecule has 0 radical (unpaired) electrons. The molecule has 0 aromatic carbocycles. The first kappa shape index (κ1) is 10.8. The SMILES string of the molecule is COC(=O)CC(=O)c1nc(C)sc1C. The first-order valence-electron chi connectivity index (χ1n) is 4.08. The summed E-state index contributed by atoms with van der Waals surface area (Å²) in [5.41, 5.74) is 0.387. The highest BCUT2D eigenvalue weighted by Gasteiger charge is 2.17. The number of hydrogen-bond donors (Lipinski definition) is 0. The van der Waals surface area contributed by atoms with Crippen molar-refractivity contribution in [3.05, 3.63) is 15.6 Å². The van der Waals surface area contributed by atoms with Crippen LogP contribution in [0.2, 0.25) is 0 Å². The Morgan fingerprint density at radius 2 is 2.07 bits per heavy atom. The van der Waals surface area contributed by atoms with Crippen LogP contribution < -0.4 is 0 Å². The minimum atomic E-state index is -0.528. The molecule has 0 amide bonds. The smallest absolute Gasteiger partial charge is 0.313 e. The van der Waals surface area contributed by atoms with E-state index in [1.54, 1.807) is 0 Å². The highest BCUT2D eigenvalue weighted by Crippen LogP contribution is 2.17. The van der Waals surface area contributed by atoms with E-state index >= 15 is 0 Å². The first-order chi connectivity index (χ1) is 6.54. The Kier molecular flexibility index (Phi) is 3.35. The number of aromatic nitrogens is 1. The van der Waals surface area contributed by atoms with Crippen LogP contribution in [0.1, 0.15) is 26.8 Å². The number of carbonyl (C=O) groups excluding carboxylic acids is 2. The molecule has 76 valence electrons. The summed E-state index contributed by atoms with van der Waals surface area (Å²) >= 11 is 1.45. The van der Waals surface area contributed by atoms with Crippen LogP contribution >= 0.6 is 11.3 Å². The van der Waals surface area contributed by atoms with Gasteiger partial charge in [-0.25, -0.2) is 4.98 Å². The van der Waals surface area contributed by atoms with Gasteiger partial charge in [0.2, 0.25) is 0 Å². The number of Topliss-reactive ketones (excluding diaryl/α,β-unsaturated/α-hetero) is 1. The number of thiazole rings is 1. The number of nitrogens with zero attached hydrogens (tertiary/aromatic N) is 1. The quantitative estimate of drug-likeness (QED) is 0.434. The van der Waals surface area contributed by atoms with Gasteiger partial charge in [-0.1, -0.05) is 0 Å². The third kappa shape index (κ3) is 2.38. The van der Waals surface area contributed by atoms with Crippen molar-refractivity contribution in [2.75, 3.05) is 7.11 Å². The lowest BCUT2D eigenvalue weighted by Gasteiger charge is -1.96. The molecular weight excluding hydrogens is 202 g/mol. The summed E-state index contributed by atoms with van der Waals surface area (Å²) in [4.78, 5) is 27.2. The van der Waals surface area contributed by atoms with Gasteiger partial charge in [0.25, 0.3) is 0 Å². The molecule has 1 rings (SSSR count). The lowest BCUT2D eigenvalue weighted by molar-refractivity contribution is -0.139. The Bertz CT molecular complexity index is 370. The van der Waals surface area contributed by atoms with E-state index in [0.717, 1.165) is 9.88 Å². The van der Waals surface area contributed by atoms with Gasteiger partial charge in [0.15, 0.2) is 5.78 Å². The lowest BCUT2D eigenvalue weighted by atomic mass is 10.2. The maximum Gasteiger partial charge on any atom is 0.313 e. The molecule has 4 nitrogen and oxygen atoms in total. The molecule has 0 unspecified atom stereocenters. The topological polar surface area (TPSA) is 56.3 Å². The summed E-state index contributed by atoms with van der Waals surface area (Å²) in [6.07, 6.45) is -0.236. The predicted octanol–water partition coefficient (Wildman–Crippen LogP) is 1.51.